The molecule has 0 aliphatic carbocycles. The Balaban J connectivity index is 1.65. The lowest BCUT2D eigenvalue weighted by Gasteiger charge is -2.45. The summed E-state index contributed by atoms with van der Waals surface area (Å²) in [6.07, 6.45) is 0.128. The van der Waals surface area contributed by atoms with Gasteiger partial charge in [0.2, 0.25) is 5.13 Å². The summed E-state index contributed by atoms with van der Waals surface area (Å²) >= 11 is 0.908. The fourth-order valence-corrected chi connectivity index (χ4v) is 6.31. The number of benzene rings is 1. The van der Waals surface area contributed by atoms with Gasteiger partial charge in [0.25, 0.3) is 10.0 Å². The number of nitrogens with one attached hydrogen (secondary N) is 1. The summed E-state index contributed by atoms with van der Waals surface area (Å²) in [7, 11) is -2.39. The Morgan fingerprint density at radius 1 is 1.37 bits per heavy atom. The summed E-state index contributed by atoms with van der Waals surface area (Å²) in [5, 5.41) is 0.135. The number of likely N-dealkylation sites (tertiary alicyclic amines) is 1. The Bertz CT molecular complexity index is 1200. The molecule has 0 amide bonds. The first kappa shape index (κ1) is 25.4. The van der Waals surface area contributed by atoms with Crippen molar-refractivity contribution in [2.24, 2.45) is 16.6 Å². The van der Waals surface area contributed by atoms with Crippen LogP contribution in [0.1, 0.15) is 30.9 Å². The fraction of sp³-hybridized carbons (Fsp3) is 0.476. The summed E-state index contributed by atoms with van der Waals surface area (Å²) in [6, 6.07) is 3.67. The summed E-state index contributed by atoms with van der Waals surface area (Å²) in [6.45, 7) is 0.497. The highest BCUT2D eigenvalue weighted by atomic mass is 32.2. The van der Waals surface area contributed by atoms with Crippen molar-refractivity contribution < 1.29 is 26.3 Å². The van der Waals surface area contributed by atoms with Crippen molar-refractivity contribution in [3.63, 3.8) is 0 Å². The van der Waals surface area contributed by atoms with Gasteiger partial charge < -0.3 is 10.5 Å². The van der Waals surface area contributed by atoms with Crippen LogP contribution >= 0.6 is 11.5 Å². The number of nitrogens with zero attached hydrogens (tertiary/aromatic N) is 4. The van der Waals surface area contributed by atoms with Gasteiger partial charge in [0.05, 0.1) is 29.2 Å². The number of aromatic nitrogens is 2. The first-order chi connectivity index (χ1) is 16.6. The van der Waals surface area contributed by atoms with E-state index in [4.69, 9.17) is 10.5 Å². The van der Waals surface area contributed by atoms with Crippen molar-refractivity contribution in [2.45, 2.75) is 42.4 Å². The topological polar surface area (TPSA) is 123 Å². The molecule has 0 spiro atoms. The third-order valence-corrected chi connectivity index (χ3v) is 8.31. The van der Waals surface area contributed by atoms with E-state index in [1.807, 2.05) is 4.90 Å². The second-order valence-corrected chi connectivity index (χ2v) is 10.7. The summed E-state index contributed by atoms with van der Waals surface area (Å²) in [4.78, 5) is 10.0. The molecule has 0 radical (unpaired) electrons. The fourth-order valence-electron chi connectivity index (χ4n) is 4.63. The van der Waals surface area contributed by atoms with E-state index in [0.717, 1.165) is 11.5 Å². The minimum atomic E-state index is -4.30. The quantitative estimate of drug-likeness (QED) is 0.549. The molecule has 2 aromatic rings. The van der Waals surface area contributed by atoms with Gasteiger partial charge in [0, 0.05) is 49.2 Å². The standard InChI is InChI=1S/C21H25F3N6O3S2/c1-26-16(4-7-25)18-10-13(21(22,23)24)5-8-30(18)17-6-9-33-19-11-14(2-3-15(17)19)35(31,32)29-20-27-12-28-34-20/h2-4,7,11-13,17-18H,5-6,8-10,25H2,1H3,(H,27,28,29)/t13-,17-,18+/m1/s1. The zero-order valence-electron chi connectivity index (χ0n) is 18.8. The minimum Gasteiger partial charge on any atom is -0.493 e. The van der Waals surface area contributed by atoms with E-state index in [2.05, 4.69) is 19.1 Å². The highest BCUT2D eigenvalue weighted by Crippen LogP contribution is 2.44. The Morgan fingerprint density at radius 3 is 2.83 bits per heavy atom. The molecule has 1 saturated heterocycles. The molecule has 1 aromatic heterocycles. The molecule has 1 fully saturated rings. The maximum absolute atomic E-state index is 13.6. The molecule has 0 bridgehead atoms. The first-order valence-electron chi connectivity index (χ1n) is 10.9. The largest absolute Gasteiger partial charge is 0.493 e. The maximum atomic E-state index is 13.6. The SMILES string of the molecule is CN=C(C=CN)[C@@H]1C[C@H](C(F)(F)F)CCN1[C@@H]1CCOc2cc(S(=O)(=O)Nc3ncns3)ccc21. The van der Waals surface area contributed by atoms with Gasteiger partial charge in [0.1, 0.15) is 12.1 Å². The summed E-state index contributed by atoms with van der Waals surface area (Å²) in [5.41, 5.74) is 6.73. The molecule has 2 aliphatic heterocycles. The van der Waals surface area contributed by atoms with Gasteiger partial charge in [-0.3, -0.25) is 14.6 Å². The third-order valence-electron chi connectivity index (χ3n) is 6.26. The van der Waals surface area contributed by atoms with Crippen molar-refractivity contribution in [3.05, 3.63) is 42.4 Å². The van der Waals surface area contributed by atoms with Crippen LogP contribution < -0.4 is 15.2 Å². The van der Waals surface area contributed by atoms with Crippen molar-refractivity contribution in [2.75, 3.05) is 24.9 Å². The third kappa shape index (κ3) is 5.43. The zero-order valence-corrected chi connectivity index (χ0v) is 20.4. The smallest absolute Gasteiger partial charge is 0.391 e. The number of nitrogens with two attached hydrogens (primary N) is 1. The molecule has 3 atom stereocenters. The number of hydrogen-bond acceptors (Lipinski definition) is 9. The number of alkyl halides is 3. The molecule has 3 N–H and O–H groups in total. The van der Waals surface area contributed by atoms with Crippen molar-refractivity contribution in [3.8, 4) is 5.75 Å². The van der Waals surface area contributed by atoms with Crippen LogP contribution in [0.5, 0.6) is 5.75 Å². The molecular formula is C21H25F3N6O3S2. The predicted octanol–water partition coefficient (Wildman–Crippen LogP) is 3.35. The molecule has 0 unspecified atom stereocenters. The monoisotopic (exact) mass is 530 g/mol. The Kier molecular flexibility index (Phi) is 7.33. The predicted molar refractivity (Wildman–Crippen MR) is 126 cm³/mol. The minimum absolute atomic E-state index is 0.0127. The van der Waals surface area contributed by atoms with Crippen LogP contribution in [0.2, 0.25) is 0 Å². The number of anilines is 1. The second kappa shape index (κ2) is 10.1. The second-order valence-electron chi connectivity index (χ2n) is 8.23. The summed E-state index contributed by atoms with van der Waals surface area (Å²) in [5.74, 6) is -1.06. The number of hydrogen-bond donors (Lipinski definition) is 2. The van der Waals surface area contributed by atoms with E-state index in [9.17, 15) is 21.6 Å². The molecule has 3 heterocycles. The van der Waals surface area contributed by atoms with Gasteiger partial charge in [-0.1, -0.05) is 6.07 Å². The lowest BCUT2D eigenvalue weighted by atomic mass is 9.84. The summed E-state index contributed by atoms with van der Waals surface area (Å²) < 4.78 is 78.2. The van der Waals surface area contributed by atoms with Gasteiger partial charge >= 0.3 is 6.18 Å². The molecule has 9 nitrogen and oxygen atoms in total. The highest BCUT2D eigenvalue weighted by Gasteiger charge is 2.47. The number of halogens is 3. The van der Waals surface area contributed by atoms with Gasteiger partial charge in [-0.25, -0.2) is 13.4 Å². The van der Waals surface area contributed by atoms with Crippen LogP contribution in [0.4, 0.5) is 18.3 Å². The normalized spacial score (nSPS) is 24.2. The number of piperidine rings is 1. The lowest BCUT2D eigenvalue weighted by Crippen LogP contribution is -2.51. The van der Waals surface area contributed by atoms with E-state index >= 15 is 0 Å². The van der Waals surface area contributed by atoms with Gasteiger partial charge in [-0.05, 0) is 31.2 Å². The Morgan fingerprint density at radius 2 is 2.17 bits per heavy atom. The number of fused-ring (bicyclic) bond motifs is 1. The van der Waals surface area contributed by atoms with E-state index < -0.39 is 28.2 Å². The van der Waals surface area contributed by atoms with Gasteiger partial charge in [-0.2, -0.15) is 17.5 Å². The van der Waals surface area contributed by atoms with E-state index in [-0.39, 0.29) is 35.5 Å². The molecule has 0 saturated carbocycles. The zero-order chi connectivity index (χ0) is 25.2. The number of aliphatic imine (C=N–C) groups is 1. The molecular weight excluding hydrogens is 505 g/mol. The molecule has 4 rings (SSSR count). The van der Waals surface area contributed by atoms with Gasteiger partial charge in [-0.15, -0.1) is 0 Å². The number of rotatable bonds is 6. The number of sulfonamides is 1. The highest BCUT2D eigenvalue weighted by molar-refractivity contribution is 7.93. The van der Waals surface area contributed by atoms with Gasteiger partial charge in [0.15, 0.2) is 0 Å². The van der Waals surface area contributed by atoms with Crippen LogP contribution in [0, 0.1) is 5.92 Å². The molecule has 190 valence electrons. The van der Waals surface area contributed by atoms with E-state index in [1.54, 1.807) is 6.07 Å². The molecule has 14 heteroatoms. The lowest BCUT2D eigenvalue weighted by molar-refractivity contribution is -0.189. The molecule has 35 heavy (non-hydrogen) atoms. The molecule has 2 aliphatic rings. The van der Waals surface area contributed by atoms with Crippen LogP contribution in [-0.4, -0.2) is 60.8 Å². The van der Waals surface area contributed by atoms with E-state index in [0.29, 0.717) is 30.1 Å². The average molecular weight is 531 g/mol. The Labute approximate surface area is 205 Å². The van der Waals surface area contributed by atoms with Crippen molar-refractivity contribution >= 4 is 32.4 Å². The number of ether oxygens (including phenoxy) is 1. The van der Waals surface area contributed by atoms with Crippen LogP contribution in [0.15, 0.2) is 46.7 Å². The van der Waals surface area contributed by atoms with Crippen molar-refractivity contribution in [1.82, 2.24) is 14.3 Å². The maximum Gasteiger partial charge on any atom is 0.391 e. The van der Waals surface area contributed by atoms with Crippen LogP contribution in [-0.2, 0) is 10.0 Å². The van der Waals surface area contributed by atoms with Crippen LogP contribution in [0.25, 0.3) is 0 Å². The molecule has 1 aromatic carbocycles. The van der Waals surface area contributed by atoms with Crippen molar-refractivity contribution in [1.29, 1.82) is 0 Å². The Hall–Kier alpha value is -2.71. The average Bonchev–Trinajstić information content (AvgIpc) is 3.33. The first-order valence-corrected chi connectivity index (χ1v) is 13.1. The van der Waals surface area contributed by atoms with Crippen LogP contribution in [0.3, 0.4) is 0 Å². The van der Waals surface area contributed by atoms with E-state index in [1.165, 1.54) is 37.8 Å².